The van der Waals surface area contributed by atoms with Crippen LogP contribution in [0.2, 0.25) is 0 Å². The summed E-state index contributed by atoms with van der Waals surface area (Å²) in [4.78, 5) is 8.32. The largest absolute Gasteiger partial charge is 0.673 e. The summed E-state index contributed by atoms with van der Waals surface area (Å²) in [6.45, 7) is 9.21. The summed E-state index contributed by atoms with van der Waals surface area (Å²) < 4.78 is 112. The fourth-order valence-corrected chi connectivity index (χ4v) is 6.18. The highest BCUT2D eigenvalue weighted by Crippen LogP contribution is 2.45. The van der Waals surface area contributed by atoms with Gasteiger partial charge in [0.2, 0.25) is 0 Å². The van der Waals surface area contributed by atoms with Crippen LogP contribution in [0.5, 0.6) is 0 Å². The highest BCUT2D eigenvalue weighted by Gasteiger charge is 2.70. The number of likely N-dealkylation sites (N-methyl/N-ethyl adjacent to an activating group) is 1. The molecule has 58 heavy (non-hydrogen) atoms. The Balaban J connectivity index is 0. The molecule has 348 valence electrons. The third-order valence-corrected chi connectivity index (χ3v) is 9.56. The van der Waals surface area contributed by atoms with Crippen LogP contribution in [0.25, 0.3) is 0 Å². The Bertz CT molecular complexity index is 928. The van der Waals surface area contributed by atoms with Gasteiger partial charge in [0.1, 0.15) is 0 Å². The van der Waals surface area contributed by atoms with Gasteiger partial charge in [-0.25, -0.2) is 4.39 Å². The van der Waals surface area contributed by atoms with Crippen molar-refractivity contribution in [1.29, 1.82) is 0 Å². The molecule has 0 radical (unpaired) electrons. The van der Waals surface area contributed by atoms with Crippen molar-refractivity contribution in [3.05, 3.63) is 24.8 Å². The van der Waals surface area contributed by atoms with E-state index in [0.29, 0.717) is 0 Å². The van der Waals surface area contributed by atoms with Gasteiger partial charge >= 0.3 is 19.5 Å². The smallest absolute Gasteiger partial charge is 0.418 e. The molecule has 0 aromatic heterocycles. The maximum Gasteiger partial charge on any atom is 0.673 e. The van der Waals surface area contributed by atoms with Crippen molar-refractivity contribution in [2.45, 2.75) is 174 Å². The van der Waals surface area contributed by atoms with E-state index in [4.69, 9.17) is 0 Å². The molecule has 0 aromatic carbocycles. The molecule has 6 nitrogen and oxygen atoms in total. The number of unbranched alkanes of at least 4 members (excludes halogenated alkanes) is 20. The van der Waals surface area contributed by atoms with Gasteiger partial charge in [0, 0.05) is 52.0 Å². The van der Waals surface area contributed by atoms with E-state index >= 15 is 0 Å². The summed E-state index contributed by atoms with van der Waals surface area (Å²) in [6, 6.07) is -4.52. The Hall–Kier alpha value is -1.69. The molecule has 0 saturated carbocycles. The van der Waals surface area contributed by atoms with Gasteiger partial charge in [0.25, 0.3) is 6.30 Å². The molecule has 1 saturated heterocycles. The van der Waals surface area contributed by atoms with Gasteiger partial charge in [-0.05, 0) is 37.5 Å². The second kappa shape index (κ2) is 35.0. The maximum absolute atomic E-state index is 12.3. The van der Waals surface area contributed by atoms with E-state index in [-0.39, 0.29) is 7.05 Å². The van der Waals surface area contributed by atoms with E-state index in [9.17, 15) is 43.7 Å². The van der Waals surface area contributed by atoms with Crippen molar-refractivity contribution in [1.82, 2.24) is 29.6 Å². The van der Waals surface area contributed by atoms with E-state index in [1.54, 1.807) is 11.8 Å². The number of nitrogens with zero attached hydrogens (tertiary/aromatic N) is 6. The van der Waals surface area contributed by atoms with Crippen molar-refractivity contribution in [3.8, 4) is 0 Å². The second-order valence-corrected chi connectivity index (χ2v) is 16.1. The van der Waals surface area contributed by atoms with Crippen LogP contribution in [-0.2, 0) is 0 Å². The topological polar surface area (TPSA) is 19.4 Å². The molecule has 3 aliphatic heterocycles. The van der Waals surface area contributed by atoms with Crippen LogP contribution in [0, 0.1) is 0 Å². The molecule has 3 aliphatic rings. The third-order valence-electron chi connectivity index (χ3n) is 9.56. The molecular formula is C40H78BF10N6S-. The fraction of sp³-hybridized carbons (Fsp3) is 0.900. The number of hydrogen-bond acceptors (Lipinski definition) is 7. The molecule has 0 spiro atoms. The van der Waals surface area contributed by atoms with Crippen molar-refractivity contribution >= 4 is 19.0 Å². The standard InChI is InChI=1S/2C17H34N2.C4H4F6N2.C2H6S.BF4/c2*1-3-4-5-6-7-8-9-10-11-12-13-14-19-16-15-18(2)17-19;1-11-3(6,7)2(5)12(10)4(11,8)9;1-3-2;2-1(3,4)5/h2*15-16H,3-14,17H2,1-2H3;2H,1H3;1-2H3;/q;;;;-1. The normalized spacial score (nSPS) is 18.3. The molecule has 0 amide bonds. The number of hydrogen-bond donors (Lipinski definition) is 0. The molecule has 0 aromatic rings. The van der Waals surface area contributed by atoms with E-state index in [2.05, 4.69) is 72.3 Å². The predicted molar refractivity (Wildman–Crippen MR) is 225 cm³/mol. The van der Waals surface area contributed by atoms with Crippen LogP contribution in [0.3, 0.4) is 0 Å². The summed E-state index contributed by atoms with van der Waals surface area (Å²) in [5.74, 6) is 0. The first-order valence-corrected chi connectivity index (χ1v) is 23.0. The van der Waals surface area contributed by atoms with Crippen LogP contribution in [0.4, 0.5) is 43.7 Å². The van der Waals surface area contributed by atoms with Gasteiger partial charge in [-0.15, -0.1) is 4.48 Å². The predicted octanol–water partition coefficient (Wildman–Crippen LogP) is 13.8. The first-order chi connectivity index (χ1) is 27.3. The van der Waals surface area contributed by atoms with Gasteiger partial charge in [0.05, 0.1) is 13.3 Å². The summed E-state index contributed by atoms with van der Waals surface area (Å²) >= 11 is 1.75. The second-order valence-electron chi connectivity index (χ2n) is 15.3. The van der Waals surface area contributed by atoms with Gasteiger partial charge < -0.3 is 36.9 Å². The van der Waals surface area contributed by atoms with Crippen LogP contribution in [-0.4, -0.2) is 115 Å². The Kier molecular flexibility index (Phi) is 35.2. The van der Waals surface area contributed by atoms with Crippen molar-refractivity contribution in [2.75, 3.05) is 60.1 Å². The highest BCUT2D eigenvalue weighted by molar-refractivity contribution is 7.97. The molecule has 1 fully saturated rings. The number of halogens is 10. The highest BCUT2D eigenvalue weighted by atomic mass is 32.2. The Morgan fingerprint density at radius 2 is 0.793 bits per heavy atom. The van der Waals surface area contributed by atoms with Crippen LogP contribution in [0.15, 0.2) is 24.8 Å². The summed E-state index contributed by atoms with van der Waals surface area (Å²) in [6.07, 6.45) is 36.1. The Morgan fingerprint density at radius 3 is 0.966 bits per heavy atom. The minimum Gasteiger partial charge on any atom is -0.418 e. The average Bonchev–Trinajstić information content (AvgIpc) is 3.80. The third kappa shape index (κ3) is 31.2. The van der Waals surface area contributed by atoms with Crippen molar-refractivity contribution in [3.63, 3.8) is 0 Å². The first-order valence-electron chi connectivity index (χ1n) is 21.4. The first kappa shape index (κ1) is 58.4. The van der Waals surface area contributed by atoms with E-state index in [1.165, 1.54) is 154 Å². The van der Waals surface area contributed by atoms with Crippen LogP contribution < -0.4 is 0 Å². The van der Waals surface area contributed by atoms with Gasteiger partial charge in [-0.2, -0.15) is 34.2 Å². The Labute approximate surface area is 350 Å². The summed E-state index contributed by atoms with van der Waals surface area (Å²) in [7, 11) is -1.50. The van der Waals surface area contributed by atoms with Crippen LogP contribution >= 0.6 is 11.8 Å². The average molecular weight is 876 g/mol. The SMILES string of the molecule is CCCCCCCCCCCCCN1C=CN(C)C1.CCCCCCCCCCCCCN1C=CN(C)C1.CN1C(F)(F)C(F)N(F)C1(F)F.CSC.F[B-](F)(F)F. The molecule has 1 unspecified atom stereocenters. The summed E-state index contributed by atoms with van der Waals surface area (Å²) in [5.41, 5.74) is 0. The molecular weight excluding hydrogens is 797 g/mol. The molecule has 3 heterocycles. The molecule has 1 atom stereocenters. The van der Waals surface area contributed by atoms with E-state index in [1.807, 2.05) is 12.5 Å². The van der Waals surface area contributed by atoms with E-state index < -0.39 is 35.8 Å². The zero-order valence-corrected chi connectivity index (χ0v) is 37.5. The van der Waals surface area contributed by atoms with Gasteiger partial charge in [-0.3, -0.25) is 0 Å². The van der Waals surface area contributed by atoms with Gasteiger partial charge in [0.15, 0.2) is 0 Å². The molecule has 3 rings (SSSR count). The monoisotopic (exact) mass is 876 g/mol. The maximum atomic E-state index is 12.3. The fourth-order valence-electron chi connectivity index (χ4n) is 6.18. The minimum absolute atomic E-state index is 0.228. The lowest BCUT2D eigenvalue weighted by Gasteiger charge is -2.21. The lowest BCUT2D eigenvalue weighted by atomic mass is 10.1. The lowest BCUT2D eigenvalue weighted by Crippen LogP contribution is -2.45. The Morgan fingerprint density at radius 1 is 0.534 bits per heavy atom. The minimum atomic E-state index is -6.00. The van der Waals surface area contributed by atoms with Crippen molar-refractivity contribution < 1.29 is 43.7 Å². The summed E-state index contributed by atoms with van der Waals surface area (Å²) in [5, 5.41) is -1.81. The van der Waals surface area contributed by atoms with Crippen molar-refractivity contribution in [2.24, 2.45) is 0 Å². The number of alkyl halides is 5. The quantitative estimate of drug-likeness (QED) is 0.0312. The molecule has 18 heteroatoms. The lowest BCUT2D eigenvalue weighted by molar-refractivity contribution is -0.293. The molecule has 0 aliphatic carbocycles. The van der Waals surface area contributed by atoms with Crippen LogP contribution in [0.1, 0.15) is 155 Å². The van der Waals surface area contributed by atoms with E-state index in [0.717, 1.165) is 13.3 Å². The number of rotatable bonds is 24. The van der Waals surface area contributed by atoms with Gasteiger partial charge in [-0.1, -0.05) is 142 Å². The number of thioether (sulfide) groups is 1. The molecule has 0 bridgehead atoms. The molecule has 0 N–H and O–H groups in total. The zero-order chi connectivity index (χ0) is 44.5. The zero-order valence-electron chi connectivity index (χ0n) is 36.7.